The number of likely N-dealkylation sites (N-methyl/N-ethyl adjacent to an activating group) is 3. The number of azo groups is 3. The van der Waals surface area contributed by atoms with Crippen LogP contribution in [-0.2, 0) is 50.3 Å². The molecule has 0 unspecified atom stereocenters. The summed E-state index contributed by atoms with van der Waals surface area (Å²) in [4.78, 5) is 68.9. The summed E-state index contributed by atoms with van der Waals surface area (Å²) in [5.41, 5.74) is 4.49. The van der Waals surface area contributed by atoms with Gasteiger partial charge in [-0.3, -0.25) is 14.4 Å². The van der Waals surface area contributed by atoms with E-state index in [0.717, 1.165) is 80.9 Å². The average Bonchev–Trinajstić information content (AvgIpc) is 1.67. The van der Waals surface area contributed by atoms with Crippen molar-refractivity contribution in [2.24, 2.45) is 46.9 Å². The Balaban J connectivity index is 0.000000286. The molecule has 0 aliphatic rings. The predicted octanol–water partition coefficient (Wildman–Crippen LogP) is 24.1. The van der Waals surface area contributed by atoms with E-state index in [2.05, 4.69) is 115 Å². The predicted molar refractivity (Wildman–Crippen MR) is 437 cm³/mol. The number of thiazole rings is 3. The maximum atomic E-state index is 12.4. The highest BCUT2D eigenvalue weighted by Gasteiger charge is 2.34. The summed E-state index contributed by atoms with van der Waals surface area (Å²) in [7, 11) is 0. The van der Waals surface area contributed by atoms with Crippen molar-refractivity contribution in [1.82, 2.24) is 28.1 Å². The number of benzene rings is 1. The highest BCUT2D eigenvalue weighted by molar-refractivity contribution is 7.20. The summed E-state index contributed by atoms with van der Waals surface area (Å²) in [5, 5.41) is 32.8. The Morgan fingerprint density at radius 3 is 1.04 bits per heavy atom. The zero-order valence-corrected chi connectivity index (χ0v) is 71.8. The fraction of sp³-hybridized carbons (Fsp3) is 0.605. The normalized spacial score (nSPS) is 12.4. The van der Waals surface area contributed by atoms with Gasteiger partial charge in [-0.1, -0.05) is 182 Å². The minimum absolute atomic E-state index is 0.152. The average molecular weight is 1560 g/mol. The van der Waals surface area contributed by atoms with Crippen LogP contribution in [0.4, 0.5) is 62.5 Å². The molecule has 574 valence electrons. The van der Waals surface area contributed by atoms with Crippen molar-refractivity contribution in [3.63, 3.8) is 0 Å². The van der Waals surface area contributed by atoms with E-state index < -0.39 is 16.2 Å². The minimum Gasteiger partial charge on any atom is -0.463 e. The van der Waals surface area contributed by atoms with Gasteiger partial charge in [0.2, 0.25) is 17.1 Å². The number of ether oxygens (including phenoxy) is 3. The van der Waals surface area contributed by atoms with Gasteiger partial charge in [-0.05, 0) is 133 Å². The Kier molecular flexibility index (Phi) is 32.0. The van der Waals surface area contributed by atoms with E-state index in [1.165, 1.54) is 68.6 Å². The van der Waals surface area contributed by atoms with Gasteiger partial charge >= 0.3 is 17.9 Å². The van der Waals surface area contributed by atoms with Crippen LogP contribution in [0.1, 0.15) is 234 Å². The van der Waals surface area contributed by atoms with Gasteiger partial charge in [0, 0.05) is 36.0 Å². The van der Waals surface area contributed by atoms with Gasteiger partial charge in [0.25, 0.3) is 0 Å². The maximum Gasteiger partial charge on any atom is 0.311 e. The first kappa shape index (κ1) is 88.7. The van der Waals surface area contributed by atoms with Crippen LogP contribution in [0.2, 0.25) is 0 Å². The topological polar surface area (TPSA) is 253 Å². The van der Waals surface area contributed by atoms with E-state index in [1.807, 2.05) is 169 Å². The molecule has 30 heteroatoms. The number of anilines is 3. The van der Waals surface area contributed by atoms with Crippen LogP contribution >= 0.6 is 68.6 Å². The second-order valence-corrected chi connectivity index (χ2v) is 36.5. The number of aromatic nitrogens is 6. The molecule has 0 aliphatic carbocycles. The van der Waals surface area contributed by atoms with Crippen molar-refractivity contribution in [3.05, 3.63) is 93.1 Å². The van der Waals surface area contributed by atoms with E-state index >= 15 is 0 Å². The van der Waals surface area contributed by atoms with Crippen molar-refractivity contribution < 1.29 is 28.6 Å². The fourth-order valence-electron chi connectivity index (χ4n) is 9.19. The standard InChI is InChI=1S/C27H34N6O2S2.C25H38N6O2S2.C24H36N6O2S2/c1-9-27(6,7)24(34)35-17-16-33(10-2)25-29-19(18-14-12-11-13-15-18)22(36-25)30-31-23-20(28-8)21(32-37-23)26(3,4)5;1-12-25(9,10)21(32)33-15-14-31(13-2)22-27-18(24(6,7)8)20(34-22)29-28-19-16(26-11)17(30-35-19)23(3,4)5;1-11-24(8,9)21(31)32-14-13-30(12-2)22-26-18(23(5,6)7)20(33-22)28-27-19-17(25-10)16(15(3)4)29-34-19/h11-15H,9-10,16-17H2,1-7H3;12-15H2,1-10H3;15H,11-14H2,1-9H3. The molecule has 7 rings (SSSR count). The molecule has 0 bridgehead atoms. The third-order valence-corrected chi connectivity index (χ3v) is 22.5. The lowest BCUT2D eigenvalue weighted by Gasteiger charge is -2.23. The number of carbonyl (C=O) groups is 3. The van der Waals surface area contributed by atoms with Gasteiger partial charge in [-0.15, -0.1) is 30.7 Å². The van der Waals surface area contributed by atoms with Crippen LogP contribution < -0.4 is 14.7 Å². The first-order chi connectivity index (χ1) is 49.5. The van der Waals surface area contributed by atoms with E-state index in [9.17, 15) is 14.4 Å². The third-order valence-electron chi connectivity index (χ3n) is 17.3. The Hall–Kier alpha value is -7.92. The van der Waals surface area contributed by atoms with E-state index in [1.54, 1.807) is 0 Å². The van der Waals surface area contributed by atoms with Crippen molar-refractivity contribution >= 4 is 149 Å². The summed E-state index contributed by atoms with van der Waals surface area (Å²) in [6.45, 7) is 79.6. The lowest BCUT2D eigenvalue weighted by molar-refractivity contribution is -0.154. The van der Waals surface area contributed by atoms with Crippen LogP contribution in [-0.4, -0.2) is 105 Å². The number of hydrogen-bond donors (Lipinski definition) is 0. The van der Waals surface area contributed by atoms with Crippen molar-refractivity contribution in [2.75, 3.05) is 73.8 Å². The Bertz CT molecular complexity index is 4290. The summed E-state index contributed by atoms with van der Waals surface area (Å²) >= 11 is 7.91. The number of rotatable bonds is 29. The molecule has 0 spiro atoms. The lowest BCUT2D eigenvalue weighted by Crippen LogP contribution is -2.31. The maximum absolute atomic E-state index is 12.4. The zero-order chi connectivity index (χ0) is 79.5. The van der Waals surface area contributed by atoms with Crippen molar-refractivity contribution in [2.45, 2.75) is 227 Å². The van der Waals surface area contributed by atoms with Crippen molar-refractivity contribution in [3.8, 4) is 11.3 Å². The zero-order valence-electron chi connectivity index (χ0n) is 66.9. The Morgan fingerprint density at radius 1 is 0.425 bits per heavy atom. The third kappa shape index (κ3) is 23.8. The Labute approximate surface area is 653 Å². The number of nitrogens with zero attached hydrogens (tertiary/aromatic N) is 18. The monoisotopic (exact) mass is 1560 g/mol. The first-order valence-corrected chi connectivity index (χ1v) is 40.5. The molecule has 24 nitrogen and oxygen atoms in total. The Morgan fingerprint density at radius 2 is 0.726 bits per heavy atom. The van der Waals surface area contributed by atoms with Gasteiger partial charge in [-0.2, -0.15) is 0 Å². The van der Waals surface area contributed by atoms with Gasteiger partial charge in [0.1, 0.15) is 25.5 Å². The molecule has 0 saturated heterocycles. The second-order valence-electron chi connectivity index (χ2n) is 31.4. The van der Waals surface area contributed by atoms with Crippen molar-refractivity contribution in [1.29, 1.82) is 0 Å². The summed E-state index contributed by atoms with van der Waals surface area (Å²) in [6.07, 6.45) is 2.18. The van der Waals surface area contributed by atoms with Gasteiger partial charge < -0.3 is 28.9 Å². The molecule has 7 aromatic rings. The van der Waals surface area contributed by atoms with E-state index in [0.29, 0.717) is 93.0 Å². The molecular formula is C76H108N18O6S6. The van der Waals surface area contributed by atoms with Gasteiger partial charge in [-0.25, -0.2) is 42.6 Å². The molecule has 6 heterocycles. The molecule has 0 atom stereocenters. The van der Waals surface area contributed by atoms with Crippen LogP contribution in [0.5, 0.6) is 0 Å². The first-order valence-electron chi connectivity index (χ1n) is 35.7. The molecule has 0 N–H and O–H groups in total. The highest BCUT2D eigenvalue weighted by atomic mass is 32.1. The summed E-state index contributed by atoms with van der Waals surface area (Å²) < 4.78 is 30.0. The molecule has 0 saturated carbocycles. The van der Waals surface area contributed by atoms with Crippen LogP contribution in [0.15, 0.2) is 61.0 Å². The molecule has 1 aromatic carbocycles. The SMILES string of the molecule is [C-]#[N+]c1c(C(C)(C)C)nsc1N=Nc1sc(N(CC)CCOC(=O)C(C)(C)CC)nc1-c1ccccc1.[C-]#[N+]c1c(C(C)(C)C)nsc1N=Nc1sc(N(CC)CCOC(=O)C(C)(C)CC)nc1C(C)(C)C.[C-]#[N+]c1c(C(C)C)nsc1N=Nc1sc(N(CC)CCOC(=O)C(C)(C)CC)nc1C(C)(C)C. The minimum atomic E-state index is -0.500. The molecule has 106 heavy (non-hydrogen) atoms. The molecule has 0 amide bonds. The van der Waals surface area contributed by atoms with Gasteiger partial charge in [0.05, 0.1) is 84.1 Å². The van der Waals surface area contributed by atoms with Crippen LogP contribution in [0.25, 0.3) is 25.8 Å². The number of esters is 3. The number of carbonyl (C=O) groups excluding carboxylic acids is 3. The van der Waals surface area contributed by atoms with E-state index in [-0.39, 0.29) is 52.1 Å². The molecule has 0 aliphatic heterocycles. The quantitative estimate of drug-likeness (QED) is 0.0183. The molecule has 0 radical (unpaired) electrons. The van der Waals surface area contributed by atoms with Crippen LogP contribution in [0, 0.1) is 36.0 Å². The highest BCUT2D eigenvalue weighted by Crippen LogP contribution is 2.49. The number of hydrogen-bond acceptors (Lipinski definition) is 27. The largest absolute Gasteiger partial charge is 0.463 e. The molecule has 6 aromatic heterocycles. The second kappa shape index (κ2) is 38.2. The van der Waals surface area contributed by atoms with Gasteiger partial charge in [0.15, 0.2) is 45.4 Å². The van der Waals surface area contributed by atoms with E-state index in [4.69, 9.17) is 48.9 Å². The molecular weight excluding hydrogens is 1450 g/mol. The summed E-state index contributed by atoms with van der Waals surface area (Å²) in [5.74, 6) is -0.412. The van der Waals surface area contributed by atoms with Crippen LogP contribution in [0.3, 0.4) is 0 Å². The smallest absolute Gasteiger partial charge is 0.311 e. The lowest BCUT2D eigenvalue weighted by atomic mass is 9.91. The fourth-order valence-corrected chi connectivity index (χ4v) is 15.1. The molecule has 0 fully saturated rings. The summed E-state index contributed by atoms with van der Waals surface area (Å²) in [6, 6.07) is 9.83.